The highest BCUT2D eigenvalue weighted by molar-refractivity contribution is 6.48. The number of unbranched alkanes of at least 4 members (excludes halogenated alkanes) is 2. The molecule has 0 aromatic heterocycles. The van der Waals surface area contributed by atoms with Crippen molar-refractivity contribution in [3.63, 3.8) is 0 Å². The molecule has 0 aliphatic rings. The Morgan fingerprint density at radius 1 is 1.20 bits per heavy atom. The molecule has 25 heavy (non-hydrogen) atoms. The molecule has 0 aliphatic heterocycles. The van der Waals surface area contributed by atoms with E-state index in [0.717, 1.165) is 36.1 Å². The maximum absolute atomic E-state index is 12.1. The first-order valence-electron chi connectivity index (χ1n) is 9.03. The number of benzene rings is 1. The van der Waals surface area contributed by atoms with Gasteiger partial charge in [0.05, 0.1) is 7.11 Å². The van der Waals surface area contributed by atoms with Crippen molar-refractivity contribution in [1.82, 2.24) is 0 Å². The number of carbonyl (C=O) groups excluding carboxylic acids is 1. The van der Waals surface area contributed by atoms with Crippen molar-refractivity contribution in [1.29, 1.82) is 0 Å². The Balaban J connectivity index is 3.00. The first kappa shape index (κ1) is 21.7. The molecule has 4 nitrogen and oxygen atoms in total. The fraction of sp³-hybridized carbons (Fsp3) is 0.650. The molecule has 0 amide bonds. The van der Waals surface area contributed by atoms with Crippen LogP contribution in [0.5, 0.6) is 5.75 Å². The summed E-state index contributed by atoms with van der Waals surface area (Å²) in [6.07, 6.45) is 2.73. The second-order valence-corrected chi connectivity index (χ2v) is 9.57. The van der Waals surface area contributed by atoms with Crippen molar-refractivity contribution in [3.05, 3.63) is 29.3 Å². The SMILES string of the molecule is CCCCCC(=O)OC(O[Si](C)C)c1ccc(C(C)(C)C)c(OC)c1. The molecule has 0 spiro atoms. The van der Waals surface area contributed by atoms with Gasteiger partial charge in [0.25, 0.3) is 0 Å². The van der Waals surface area contributed by atoms with E-state index in [9.17, 15) is 4.79 Å². The second-order valence-electron chi connectivity index (χ2n) is 7.51. The molecule has 0 aliphatic carbocycles. The highest BCUT2D eigenvalue weighted by Gasteiger charge is 2.24. The number of hydrogen-bond acceptors (Lipinski definition) is 4. The summed E-state index contributed by atoms with van der Waals surface area (Å²) in [5.41, 5.74) is 1.91. The van der Waals surface area contributed by atoms with Crippen LogP contribution in [0.1, 0.15) is 70.8 Å². The minimum atomic E-state index is -1.03. The average Bonchev–Trinajstić information content (AvgIpc) is 2.52. The summed E-state index contributed by atoms with van der Waals surface area (Å²) < 4.78 is 17.1. The summed E-state index contributed by atoms with van der Waals surface area (Å²) in [5.74, 6) is 0.585. The average molecular weight is 366 g/mol. The molecule has 0 saturated heterocycles. The lowest BCUT2D eigenvalue weighted by molar-refractivity contribution is -0.165. The van der Waals surface area contributed by atoms with Crippen molar-refractivity contribution in [2.24, 2.45) is 0 Å². The monoisotopic (exact) mass is 365 g/mol. The third-order valence-corrected chi connectivity index (χ3v) is 4.56. The normalized spacial score (nSPS) is 13.0. The van der Waals surface area contributed by atoms with Gasteiger partial charge in [0.2, 0.25) is 15.3 Å². The Morgan fingerprint density at radius 3 is 2.40 bits per heavy atom. The first-order valence-corrected chi connectivity index (χ1v) is 11.4. The molecule has 0 N–H and O–H groups in total. The van der Waals surface area contributed by atoms with Crippen molar-refractivity contribution >= 4 is 15.0 Å². The number of ether oxygens (including phenoxy) is 2. The number of rotatable bonds is 9. The maximum Gasteiger partial charge on any atom is 0.308 e. The summed E-state index contributed by atoms with van der Waals surface area (Å²) in [4.78, 5) is 12.1. The number of esters is 1. The Bertz CT molecular complexity index is 549. The Hall–Kier alpha value is -1.33. The molecule has 0 bridgehead atoms. The maximum atomic E-state index is 12.1. The van der Waals surface area contributed by atoms with Gasteiger partial charge in [0.15, 0.2) is 0 Å². The highest BCUT2D eigenvalue weighted by atomic mass is 28.3. The van der Waals surface area contributed by atoms with Gasteiger partial charge in [0.1, 0.15) is 5.75 Å². The van der Waals surface area contributed by atoms with Gasteiger partial charge in [-0.25, -0.2) is 0 Å². The molecule has 0 heterocycles. The van der Waals surface area contributed by atoms with Crippen LogP contribution in [0.4, 0.5) is 0 Å². The molecular formula is C20H33O4Si. The lowest BCUT2D eigenvalue weighted by Crippen LogP contribution is -2.20. The number of hydrogen-bond donors (Lipinski definition) is 0. The lowest BCUT2D eigenvalue weighted by atomic mass is 9.86. The fourth-order valence-electron chi connectivity index (χ4n) is 2.55. The van der Waals surface area contributed by atoms with Crippen LogP contribution in [0, 0.1) is 0 Å². The van der Waals surface area contributed by atoms with Gasteiger partial charge in [0, 0.05) is 12.0 Å². The molecule has 0 fully saturated rings. The molecular weight excluding hydrogens is 332 g/mol. The van der Waals surface area contributed by atoms with Gasteiger partial charge in [-0.15, -0.1) is 0 Å². The van der Waals surface area contributed by atoms with E-state index in [2.05, 4.69) is 27.7 Å². The molecule has 1 atom stereocenters. The fourth-order valence-corrected chi connectivity index (χ4v) is 3.16. The Morgan fingerprint density at radius 2 is 1.88 bits per heavy atom. The zero-order chi connectivity index (χ0) is 19.0. The van der Waals surface area contributed by atoms with Crippen LogP contribution in [0.3, 0.4) is 0 Å². The summed E-state index contributed by atoms with van der Waals surface area (Å²) >= 11 is 0. The van der Waals surface area contributed by atoms with Crippen LogP contribution < -0.4 is 4.74 Å². The van der Waals surface area contributed by atoms with Crippen molar-refractivity contribution in [2.75, 3.05) is 7.11 Å². The van der Waals surface area contributed by atoms with Gasteiger partial charge >= 0.3 is 5.97 Å². The van der Waals surface area contributed by atoms with E-state index < -0.39 is 15.3 Å². The topological polar surface area (TPSA) is 44.8 Å². The van der Waals surface area contributed by atoms with Gasteiger partial charge in [-0.2, -0.15) is 0 Å². The summed E-state index contributed by atoms with van der Waals surface area (Å²) in [7, 11) is 0.637. The first-order chi connectivity index (χ1) is 11.7. The molecule has 5 heteroatoms. The number of methoxy groups -OCH3 is 1. The molecule has 141 valence electrons. The summed E-state index contributed by atoms with van der Waals surface area (Å²) in [5, 5.41) is 0. The molecule has 1 rings (SSSR count). The van der Waals surface area contributed by atoms with Crippen LogP contribution in [0.25, 0.3) is 0 Å². The molecule has 0 saturated carbocycles. The van der Waals surface area contributed by atoms with Gasteiger partial charge in [-0.3, -0.25) is 4.79 Å². The van der Waals surface area contributed by atoms with Crippen LogP contribution in [-0.2, 0) is 19.4 Å². The third kappa shape index (κ3) is 7.20. The zero-order valence-electron chi connectivity index (χ0n) is 16.8. The van der Waals surface area contributed by atoms with Crippen LogP contribution in [0.15, 0.2) is 18.2 Å². The van der Waals surface area contributed by atoms with E-state index in [0.29, 0.717) is 6.42 Å². The van der Waals surface area contributed by atoms with Gasteiger partial charge < -0.3 is 13.9 Å². The Labute approximate surface area is 154 Å². The van der Waals surface area contributed by atoms with Gasteiger partial charge in [-0.1, -0.05) is 52.7 Å². The highest BCUT2D eigenvalue weighted by Crippen LogP contribution is 2.34. The zero-order valence-corrected chi connectivity index (χ0v) is 17.8. The minimum Gasteiger partial charge on any atom is -0.496 e. The van der Waals surface area contributed by atoms with Crippen molar-refractivity contribution in [3.8, 4) is 5.75 Å². The number of carbonyl (C=O) groups is 1. The largest absolute Gasteiger partial charge is 0.496 e. The van der Waals surface area contributed by atoms with E-state index in [1.165, 1.54) is 0 Å². The molecule has 1 aromatic rings. The smallest absolute Gasteiger partial charge is 0.308 e. The predicted octanol–water partition coefficient (Wildman–Crippen LogP) is 5.38. The molecule has 1 unspecified atom stereocenters. The summed E-state index contributed by atoms with van der Waals surface area (Å²) in [6.45, 7) is 12.6. The van der Waals surface area contributed by atoms with E-state index in [1.54, 1.807) is 7.11 Å². The lowest BCUT2D eigenvalue weighted by Gasteiger charge is -2.25. The third-order valence-electron chi connectivity index (χ3n) is 3.87. The predicted molar refractivity (Wildman–Crippen MR) is 103 cm³/mol. The Kier molecular flexibility index (Phi) is 8.66. The standard InChI is InChI=1S/C20H33O4Si/c1-8-9-10-11-18(21)23-19(24-25(6)7)15-12-13-16(20(2,3)4)17(14-15)22-5/h12-14,19H,8-11H2,1-7H3. The van der Waals surface area contributed by atoms with E-state index in [1.807, 2.05) is 31.3 Å². The second kappa shape index (κ2) is 9.97. The van der Waals surface area contributed by atoms with Crippen LogP contribution in [0.2, 0.25) is 13.1 Å². The van der Waals surface area contributed by atoms with E-state index >= 15 is 0 Å². The van der Waals surface area contributed by atoms with E-state index in [4.69, 9.17) is 13.9 Å². The summed E-state index contributed by atoms with van der Waals surface area (Å²) in [6, 6.07) is 5.93. The van der Waals surface area contributed by atoms with Crippen molar-refractivity contribution in [2.45, 2.75) is 78.2 Å². The molecule has 1 radical (unpaired) electrons. The van der Waals surface area contributed by atoms with Crippen molar-refractivity contribution < 1.29 is 18.7 Å². The quantitative estimate of drug-likeness (QED) is 0.255. The van der Waals surface area contributed by atoms with Gasteiger partial charge in [-0.05, 0) is 36.6 Å². The van der Waals surface area contributed by atoms with E-state index in [-0.39, 0.29) is 11.4 Å². The van der Waals surface area contributed by atoms with Crippen LogP contribution >= 0.6 is 0 Å². The molecule has 1 aromatic carbocycles. The minimum absolute atomic E-state index is 0.0263. The van der Waals surface area contributed by atoms with Crippen LogP contribution in [-0.4, -0.2) is 22.1 Å².